The van der Waals surface area contributed by atoms with E-state index in [0.29, 0.717) is 11.5 Å². The number of hydrogen-bond acceptors (Lipinski definition) is 5. The first-order valence-corrected chi connectivity index (χ1v) is 4.65. The predicted octanol–water partition coefficient (Wildman–Crippen LogP) is 0.568. The molecule has 0 aromatic carbocycles. The van der Waals surface area contributed by atoms with Gasteiger partial charge in [-0.1, -0.05) is 0 Å². The van der Waals surface area contributed by atoms with Gasteiger partial charge >= 0.3 is 0 Å². The van der Waals surface area contributed by atoms with E-state index in [1.807, 2.05) is 0 Å². The van der Waals surface area contributed by atoms with Crippen molar-refractivity contribution in [3.05, 3.63) is 27.1 Å². The number of aromatic amines is 1. The van der Waals surface area contributed by atoms with Crippen molar-refractivity contribution in [2.45, 2.75) is 0 Å². The molecule has 0 radical (unpaired) electrons. The largest absolute Gasteiger partial charge is 0.342 e. The number of aryl methyl sites for hydroxylation is 1. The normalized spacial score (nSPS) is 10.6. The molecule has 0 unspecified atom stereocenters. The number of nitro groups is 1. The van der Waals surface area contributed by atoms with Crippen molar-refractivity contribution in [1.82, 2.24) is 19.4 Å². The van der Waals surface area contributed by atoms with E-state index in [-0.39, 0.29) is 10.5 Å². The minimum Gasteiger partial charge on any atom is -0.342 e. The molecule has 0 aliphatic carbocycles. The number of hydrogen-bond donors (Lipinski definition) is 2. The van der Waals surface area contributed by atoms with E-state index in [1.54, 1.807) is 11.6 Å². The van der Waals surface area contributed by atoms with Crippen molar-refractivity contribution in [2.24, 2.45) is 7.05 Å². The summed E-state index contributed by atoms with van der Waals surface area (Å²) < 4.78 is 2.97. The quantitative estimate of drug-likeness (QED) is 0.345. The van der Waals surface area contributed by atoms with Crippen LogP contribution in [-0.4, -0.2) is 24.4 Å². The van der Waals surface area contributed by atoms with E-state index in [4.69, 9.17) is 18.1 Å². The minimum atomic E-state index is -0.481. The second-order valence-electron chi connectivity index (χ2n) is 3.17. The molecular formula is C7H8N6O2S. The van der Waals surface area contributed by atoms with Crippen molar-refractivity contribution in [3.8, 4) is 11.5 Å². The van der Waals surface area contributed by atoms with Crippen LogP contribution in [0, 0.1) is 14.9 Å². The van der Waals surface area contributed by atoms with E-state index in [0.717, 1.165) is 4.68 Å². The second kappa shape index (κ2) is 3.45. The van der Waals surface area contributed by atoms with E-state index < -0.39 is 4.92 Å². The molecule has 0 bridgehead atoms. The Morgan fingerprint density at radius 1 is 1.69 bits per heavy atom. The first-order chi connectivity index (χ1) is 7.50. The van der Waals surface area contributed by atoms with Gasteiger partial charge in [0.2, 0.25) is 4.77 Å². The SMILES string of the molecule is Cn1cc([N+](=O)[O-])cc1-c1n[nH]c(=S)n1N. The molecule has 16 heavy (non-hydrogen) atoms. The third kappa shape index (κ3) is 1.46. The average Bonchev–Trinajstić information content (AvgIpc) is 2.73. The molecule has 0 fully saturated rings. The van der Waals surface area contributed by atoms with Crippen LogP contribution in [0.15, 0.2) is 12.3 Å². The summed E-state index contributed by atoms with van der Waals surface area (Å²) in [4.78, 5) is 10.1. The standard InChI is InChI=1S/C7H8N6O2S/c1-11-3-4(13(14)15)2-5(11)6-9-10-7(16)12(6)8/h2-3H,8H2,1H3,(H,10,16). The number of nitrogen functional groups attached to an aromatic ring is 1. The highest BCUT2D eigenvalue weighted by atomic mass is 32.1. The molecule has 2 aromatic rings. The molecular weight excluding hydrogens is 232 g/mol. The van der Waals surface area contributed by atoms with Crippen molar-refractivity contribution in [2.75, 3.05) is 5.84 Å². The molecule has 0 amide bonds. The van der Waals surface area contributed by atoms with Crippen molar-refractivity contribution in [3.63, 3.8) is 0 Å². The molecule has 0 spiro atoms. The van der Waals surface area contributed by atoms with Gasteiger partial charge in [0.1, 0.15) is 0 Å². The van der Waals surface area contributed by atoms with Crippen molar-refractivity contribution >= 4 is 17.9 Å². The van der Waals surface area contributed by atoms with Gasteiger partial charge in [0.15, 0.2) is 5.82 Å². The summed E-state index contributed by atoms with van der Waals surface area (Å²) in [7, 11) is 1.67. The average molecular weight is 240 g/mol. The molecule has 9 heteroatoms. The number of aromatic nitrogens is 4. The van der Waals surface area contributed by atoms with E-state index in [9.17, 15) is 10.1 Å². The van der Waals surface area contributed by atoms with Gasteiger partial charge < -0.3 is 10.4 Å². The van der Waals surface area contributed by atoms with Crippen LogP contribution in [0.1, 0.15) is 0 Å². The number of nitrogens with one attached hydrogen (secondary N) is 1. The summed E-state index contributed by atoms with van der Waals surface area (Å²) in [5, 5.41) is 17.0. The van der Waals surface area contributed by atoms with E-state index >= 15 is 0 Å². The van der Waals surface area contributed by atoms with Crippen LogP contribution in [0.5, 0.6) is 0 Å². The number of rotatable bonds is 2. The molecule has 0 atom stereocenters. The summed E-state index contributed by atoms with van der Waals surface area (Å²) in [5.74, 6) is 5.97. The maximum absolute atomic E-state index is 10.6. The fraction of sp³-hybridized carbons (Fsp3) is 0.143. The minimum absolute atomic E-state index is 0.0218. The zero-order valence-corrected chi connectivity index (χ0v) is 9.06. The fourth-order valence-corrected chi connectivity index (χ4v) is 1.49. The highest BCUT2D eigenvalue weighted by Gasteiger charge is 2.17. The molecule has 2 heterocycles. The molecule has 0 saturated heterocycles. The lowest BCUT2D eigenvalue weighted by atomic mass is 10.4. The maximum Gasteiger partial charge on any atom is 0.287 e. The third-order valence-corrected chi connectivity index (χ3v) is 2.42. The van der Waals surface area contributed by atoms with Crippen LogP contribution in [-0.2, 0) is 7.05 Å². The summed E-state index contributed by atoms with van der Waals surface area (Å²) in [6.45, 7) is 0. The van der Waals surface area contributed by atoms with Crippen molar-refractivity contribution in [1.29, 1.82) is 0 Å². The molecule has 8 nitrogen and oxygen atoms in total. The van der Waals surface area contributed by atoms with E-state index in [1.165, 1.54) is 12.3 Å². The highest BCUT2D eigenvalue weighted by molar-refractivity contribution is 7.71. The first-order valence-electron chi connectivity index (χ1n) is 4.24. The Bertz CT molecular complexity index is 609. The van der Waals surface area contributed by atoms with Crippen LogP contribution >= 0.6 is 12.2 Å². The molecule has 0 aliphatic heterocycles. The van der Waals surface area contributed by atoms with Gasteiger partial charge in [-0.05, 0) is 12.2 Å². The van der Waals surface area contributed by atoms with Gasteiger partial charge in [0, 0.05) is 13.1 Å². The summed E-state index contributed by atoms with van der Waals surface area (Å²) >= 11 is 4.85. The van der Waals surface area contributed by atoms with Gasteiger partial charge in [-0.3, -0.25) is 10.1 Å². The molecule has 2 aromatic heterocycles. The molecule has 0 aliphatic rings. The van der Waals surface area contributed by atoms with Crippen LogP contribution in [0.2, 0.25) is 0 Å². The van der Waals surface area contributed by atoms with Gasteiger partial charge in [-0.25, -0.2) is 9.77 Å². The predicted molar refractivity (Wildman–Crippen MR) is 58.6 cm³/mol. The Hall–Kier alpha value is -2.16. The highest BCUT2D eigenvalue weighted by Crippen LogP contribution is 2.22. The van der Waals surface area contributed by atoms with Gasteiger partial charge in [0.05, 0.1) is 16.8 Å². The zero-order valence-electron chi connectivity index (χ0n) is 8.25. The fourth-order valence-electron chi connectivity index (χ4n) is 1.35. The topological polar surface area (TPSA) is 108 Å². The smallest absolute Gasteiger partial charge is 0.287 e. The van der Waals surface area contributed by atoms with E-state index in [2.05, 4.69) is 10.2 Å². The van der Waals surface area contributed by atoms with Gasteiger partial charge in [-0.15, -0.1) is 0 Å². The molecule has 2 rings (SSSR count). The second-order valence-corrected chi connectivity index (χ2v) is 3.56. The van der Waals surface area contributed by atoms with Crippen LogP contribution in [0.3, 0.4) is 0 Å². The zero-order chi connectivity index (χ0) is 11.9. The van der Waals surface area contributed by atoms with Gasteiger partial charge in [-0.2, -0.15) is 5.10 Å². The summed E-state index contributed by atoms with van der Waals surface area (Å²) in [6, 6.07) is 1.38. The Morgan fingerprint density at radius 2 is 2.38 bits per heavy atom. The van der Waals surface area contributed by atoms with Crippen LogP contribution in [0.4, 0.5) is 5.69 Å². The lowest BCUT2D eigenvalue weighted by Crippen LogP contribution is -2.11. The van der Waals surface area contributed by atoms with Crippen molar-refractivity contribution < 1.29 is 4.92 Å². The summed E-state index contributed by atoms with van der Waals surface area (Å²) in [6.07, 6.45) is 1.38. The summed E-state index contributed by atoms with van der Waals surface area (Å²) in [5.41, 5.74) is 0.493. The lowest BCUT2D eigenvalue weighted by molar-refractivity contribution is -0.384. The first kappa shape index (κ1) is 10.4. The Kier molecular flexibility index (Phi) is 2.23. The Labute approximate surface area is 94.4 Å². The molecule has 0 saturated carbocycles. The maximum atomic E-state index is 10.6. The third-order valence-electron chi connectivity index (χ3n) is 2.13. The monoisotopic (exact) mass is 240 g/mol. The Balaban J connectivity index is 2.60. The Morgan fingerprint density at radius 3 is 2.81 bits per heavy atom. The van der Waals surface area contributed by atoms with Crippen LogP contribution in [0.25, 0.3) is 11.5 Å². The number of nitrogens with zero attached hydrogens (tertiary/aromatic N) is 4. The molecule has 3 N–H and O–H groups in total. The number of H-pyrrole nitrogens is 1. The van der Waals surface area contributed by atoms with Gasteiger partial charge in [0.25, 0.3) is 5.69 Å². The lowest BCUT2D eigenvalue weighted by Gasteiger charge is -1.99. The number of nitrogens with two attached hydrogens (primary N) is 1. The van der Waals surface area contributed by atoms with Crippen LogP contribution < -0.4 is 5.84 Å². The molecule has 84 valence electrons.